The van der Waals surface area contributed by atoms with Crippen molar-refractivity contribution in [2.24, 2.45) is 0 Å². The van der Waals surface area contributed by atoms with Crippen LogP contribution >= 0.6 is 11.6 Å². The Kier molecular flexibility index (Phi) is 5.52. The van der Waals surface area contributed by atoms with Crippen molar-refractivity contribution in [1.29, 1.82) is 0 Å². The summed E-state index contributed by atoms with van der Waals surface area (Å²) in [5.41, 5.74) is 0.822. The highest BCUT2D eigenvalue weighted by Gasteiger charge is 2.18. The van der Waals surface area contributed by atoms with Gasteiger partial charge in [-0.3, -0.25) is 0 Å². The molecule has 0 saturated heterocycles. The van der Waals surface area contributed by atoms with Gasteiger partial charge in [-0.2, -0.15) is 0 Å². The van der Waals surface area contributed by atoms with Gasteiger partial charge < -0.3 is 15.7 Å². The fourth-order valence-corrected chi connectivity index (χ4v) is 2.28. The maximum atomic E-state index is 13.5. The van der Waals surface area contributed by atoms with Crippen LogP contribution in [0.25, 0.3) is 0 Å². The molecule has 0 aromatic heterocycles. The lowest BCUT2D eigenvalue weighted by molar-refractivity contribution is 0.166. The maximum absolute atomic E-state index is 13.5. The van der Waals surface area contributed by atoms with E-state index in [1.165, 1.54) is 6.07 Å². The van der Waals surface area contributed by atoms with Crippen LogP contribution in [-0.2, 0) is 0 Å². The van der Waals surface area contributed by atoms with Crippen molar-refractivity contribution in [1.82, 2.24) is 5.32 Å². The highest BCUT2D eigenvalue weighted by Crippen LogP contribution is 2.21. The first kappa shape index (κ1) is 17.2. The Morgan fingerprint density at radius 1 is 1.26 bits per heavy atom. The third-order valence-electron chi connectivity index (χ3n) is 3.23. The average molecular weight is 341 g/mol. The number of urea groups is 1. The van der Waals surface area contributed by atoms with Crippen molar-refractivity contribution < 1.29 is 18.7 Å². The molecule has 0 spiro atoms. The summed E-state index contributed by atoms with van der Waals surface area (Å²) in [6.45, 7) is 1.43. The molecule has 0 aliphatic rings. The van der Waals surface area contributed by atoms with Crippen LogP contribution < -0.4 is 10.6 Å². The molecule has 1 unspecified atom stereocenters. The molecule has 2 aromatic rings. The summed E-state index contributed by atoms with van der Waals surface area (Å²) in [4.78, 5) is 11.8. The Bertz CT molecular complexity index is 705. The normalized spacial score (nSPS) is 11.9. The minimum atomic E-state index is -1.49. The lowest BCUT2D eigenvalue weighted by Gasteiger charge is -2.15. The Morgan fingerprint density at radius 2 is 1.91 bits per heavy atom. The third-order valence-corrected chi connectivity index (χ3v) is 3.46. The van der Waals surface area contributed by atoms with Gasteiger partial charge >= 0.3 is 6.03 Å². The molecule has 0 heterocycles. The van der Waals surface area contributed by atoms with E-state index < -0.39 is 29.3 Å². The number of hydrogen-bond acceptors (Lipinski definition) is 2. The highest BCUT2D eigenvalue weighted by atomic mass is 35.5. The molecule has 0 bridgehead atoms. The van der Waals surface area contributed by atoms with E-state index in [0.29, 0.717) is 10.7 Å². The van der Waals surface area contributed by atoms with Crippen LogP contribution in [-0.4, -0.2) is 17.7 Å². The average Bonchev–Trinajstić information content (AvgIpc) is 2.48. The first-order valence-corrected chi connectivity index (χ1v) is 7.19. The maximum Gasteiger partial charge on any atom is 0.319 e. The van der Waals surface area contributed by atoms with E-state index in [4.69, 9.17) is 11.6 Å². The summed E-state index contributed by atoms with van der Waals surface area (Å²) < 4.78 is 27.0. The molecule has 2 rings (SSSR count). The second-order valence-corrected chi connectivity index (χ2v) is 5.38. The number of aliphatic hydroxyl groups excluding tert-OH is 1. The minimum absolute atomic E-state index is 0.337. The van der Waals surface area contributed by atoms with E-state index >= 15 is 0 Å². The zero-order chi connectivity index (χ0) is 17.0. The van der Waals surface area contributed by atoms with Crippen LogP contribution in [0.5, 0.6) is 0 Å². The third kappa shape index (κ3) is 4.40. The van der Waals surface area contributed by atoms with Crippen LogP contribution in [0.3, 0.4) is 0 Å². The molecule has 122 valence electrons. The fourth-order valence-electron chi connectivity index (χ4n) is 2.05. The molecule has 0 aliphatic heterocycles. The molecule has 2 aromatic carbocycles. The van der Waals surface area contributed by atoms with Gasteiger partial charge in [0.2, 0.25) is 0 Å². The lowest BCUT2D eigenvalue weighted by Crippen LogP contribution is -2.33. The first-order valence-electron chi connectivity index (χ1n) is 6.81. The number of amides is 2. The van der Waals surface area contributed by atoms with Gasteiger partial charge in [0.05, 0.1) is 5.56 Å². The molecule has 4 nitrogen and oxygen atoms in total. The van der Waals surface area contributed by atoms with Crippen molar-refractivity contribution in [2.45, 2.75) is 13.0 Å². The summed E-state index contributed by atoms with van der Waals surface area (Å²) >= 11 is 5.82. The van der Waals surface area contributed by atoms with E-state index in [2.05, 4.69) is 10.6 Å². The van der Waals surface area contributed by atoms with Crippen molar-refractivity contribution in [3.05, 3.63) is 64.2 Å². The summed E-state index contributed by atoms with van der Waals surface area (Å²) in [6.07, 6.45) is -1.49. The SMILES string of the molecule is Cc1cc(Cl)ccc1NC(=O)NCC(O)c1c(F)cccc1F. The number of anilines is 1. The molecule has 3 N–H and O–H groups in total. The second-order valence-electron chi connectivity index (χ2n) is 4.95. The van der Waals surface area contributed by atoms with E-state index in [-0.39, 0.29) is 6.54 Å². The molecule has 7 heteroatoms. The first-order chi connectivity index (χ1) is 10.9. The molecule has 2 amide bonds. The molecule has 0 fully saturated rings. The Balaban J connectivity index is 1.96. The Labute approximate surface area is 137 Å². The van der Waals surface area contributed by atoms with Gasteiger partial charge in [-0.05, 0) is 42.8 Å². The van der Waals surface area contributed by atoms with Crippen molar-refractivity contribution in [3.8, 4) is 0 Å². The molecular weight excluding hydrogens is 326 g/mol. The summed E-state index contributed by atoms with van der Waals surface area (Å²) in [5, 5.41) is 15.3. The topological polar surface area (TPSA) is 61.4 Å². The van der Waals surface area contributed by atoms with Gasteiger partial charge in [-0.25, -0.2) is 13.6 Å². The smallest absolute Gasteiger partial charge is 0.319 e. The van der Waals surface area contributed by atoms with Crippen molar-refractivity contribution in [2.75, 3.05) is 11.9 Å². The molecular formula is C16H15ClF2N2O2. The van der Waals surface area contributed by atoms with E-state index in [1.54, 1.807) is 25.1 Å². The zero-order valence-electron chi connectivity index (χ0n) is 12.2. The number of halogens is 3. The largest absolute Gasteiger partial charge is 0.386 e. The quantitative estimate of drug-likeness (QED) is 0.793. The number of hydrogen-bond donors (Lipinski definition) is 3. The fraction of sp³-hybridized carbons (Fsp3) is 0.188. The summed E-state index contributed by atoms with van der Waals surface area (Å²) in [5.74, 6) is -1.73. The minimum Gasteiger partial charge on any atom is -0.386 e. The van der Waals surface area contributed by atoms with Gasteiger partial charge in [0, 0.05) is 17.3 Å². The zero-order valence-corrected chi connectivity index (χ0v) is 13.0. The van der Waals surface area contributed by atoms with Crippen LogP contribution in [0.15, 0.2) is 36.4 Å². The molecule has 23 heavy (non-hydrogen) atoms. The Hall–Kier alpha value is -2.18. The molecule has 0 radical (unpaired) electrons. The summed E-state index contributed by atoms with van der Waals surface area (Å²) in [6, 6.07) is 7.60. The number of carbonyl (C=O) groups is 1. The molecule has 0 aliphatic carbocycles. The lowest BCUT2D eigenvalue weighted by atomic mass is 10.1. The van der Waals surface area contributed by atoms with Gasteiger partial charge in [0.15, 0.2) is 0 Å². The second kappa shape index (κ2) is 7.39. The van der Waals surface area contributed by atoms with Gasteiger partial charge in [-0.1, -0.05) is 17.7 Å². The number of nitrogens with one attached hydrogen (secondary N) is 2. The van der Waals surface area contributed by atoms with Crippen LogP contribution in [0, 0.1) is 18.6 Å². The number of carbonyl (C=O) groups excluding carboxylic acids is 1. The van der Waals surface area contributed by atoms with E-state index in [1.807, 2.05) is 0 Å². The number of aryl methyl sites for hydroxylation is 1. The monoisotopic (exact) mass is 340 g/mol. The van der Waals surface area contributed by atoms with Crippen molar-refractivity contribution in [3.63, 3.8) is 0 Å². The van der Waals surface area contributed by atoms with Gasteiger partial charge in [0.25, 0.3) is 0 Å². The van der Waals surface area contributed by atoms with Gasteiger partial charge in [0.1, 0.15) is 17.7 Å². The van der Waals surface area contributed by atoms with Gasteiger partial charge in [-0.15, -0.1) is 0 Å². The number of aliphatic hydroxyl groups is 1. The highest BCUT2D eigenvalue weighted by molar-refractivity contribution is 6.30. The summed E-state index contributed by atoms with van der Waals surface area (Å²) in [7, 11) is 0. The van der Waals surface area contributed by atoms with E-state index in [9.17, 15) is 18.7 Å². The standard InChI is InChI=1S/C16H15ClF2N2O2/c1-9-7-10(17)5-6-13(9)21-16(23)20-8-14(22)15-11(18)3-2-4-12(15)19/h2-7,14,22H,8H2,1H3,(H2,20,21,23). The Morgan fingerprint density at radius 3 is 2.52 bits per heavy atom. The predicted octanol–water partition coefficient (Wildman–Crippen LogP) is 3.78. The van der Waals surface area contributed by atoms with Crippen LogP contribution in [0.2, 0.25) is 5.02 Å². The molecule has 0 saturated carbocycles. The predicted molar refractivity (Wildman–Crippen MR) is 84.5 cm³/mol. The van der Waals surface area contributed by atoms with Crippen LogP contribution in [0.4, 0.5) is 19.3 Å². The number of rotatable bonds is 4. The van der Waals surface area contributed by atoms with E-state index in [0.717, 1.165) is 17.7 Å². The number of benzene rings is 2. The van der Waals surface area contributed by atoms with Crippen LogP contribution in [0.1, 0.15) is 17.2 Å². The molecule has 1 atom stereocenters. The van der Waals surface area contributed by atoms with Crippen molar-refractivity contribution >= 4 is 23.3 Å².